The van der Waals surface area contributed by atoms with Gasteiger partial charge in [0.25, 0.3) is 0 Å². The maximum absolute atomic E-state index is 12.6. The highest BCUT2D eigenvalue weighted by Crippen LogP contribution is 2.30. The first-order valence-corrected chi connectivity index (χ1v) is 8.50. The molecule has 0 fully saturated rings. The van der Waals surface area contributed by atoms with Gasteiger partial charge in [0.05, 0.1) is 18.4 Å². The molecular weight excluding hydrogens is 364 g/mol. The number of carbonyl (C=O) groups excluding carboxylic acids is 3. The first kappa shape index (κ1) is 19.2. The largest absolute Gasteiger partial charge is 0.492 e. The lowest BCUT2D eigenvalue weighted by Crippen LogP contribution is -2.19. The van der Waals surface area contributed by atoms with Crippen molar-refractivity contribution < 1.29 is 28.6 Å². The third kappa shape index (κ3) is 3.48. The Morgan fingerprint density at radius 3 is 2.43 bits per heavy atom. The number of nitrogens with two attached hydrogens (primary N) is 1. The highest BCUT2D eigenvalue weighted by molar-refractivity contribution is 6.24. The third-order valence-electron chi connectivity index (χ3n) is 4.63. The molecule has 1 amide bonds. The molecule has 0 unspecified atom stereocenters. The number of ketones is 2. The van der Waals surface area contributed by atoms with Crippen molar-refractivity contribution in [3.8, 4) is 5.75 Å². The predicted molar refractivity (Wildman–Crippen MR) is 99.0 cm³/mol. The smallest absolute Gasteiger partial charge is 0.404 e. The minimum atomic E-state index is -0.835. The molecule has 3 rings (SSSR count). The van der Waals surface area contributed by atoms with Crippen LogP contribution in [-0.2, 0) is 29.7 Å². The molecule has 146 valence electrons. The Balaban J connectivity index is 1.78. The Morgan fingerprint density at radius 1 is 1.14 bits per heavy atom. The Hall–Kier alpha value is -3.55. The van der Waals surface area contributed by atoms with Crippen LogP contribution in [-0.4, -0.2) is 29.3 Å². The topological polar surface area (TPSA) is 110 Å². The fourth-order valence-corrected chi connectivity index (χ4v) is 3.16. The molecule has 0 aliphatic heterocycles. The molecule has 8 nitrogen and oxygen atoms in total. The minimum absolute atomic E-state index is 0.0347. The highest BCUT2D eigenvalue weighted by atomic mass is 16.5. The number of hydrogen-bond donors (Lipinski definition) is 1. The van der Waals surface area contributed by atoms with Crippen molar-refractivity contribution >= 4 is 17.7 Å². The van der Waals surface area contributed by atoms with E-state index in [-0.39, 0.29) is 30.5 Å². The van der Waals surface area contributed by atoms with Crippen LogP contribution >= 0.6 is 0 Å². The van der Waals surface area contributed by atoms with Crippen molar-refractivity contribution in [1.29, 1.82) is 0 Å². The maximum Gasteiger partial charge on any atom is 0.404 e. The molecule has 2 aromatic rings. The molecule has 1 aromatic heterocycles. The Kier molecular flexibility index (Phi) is 5.21. The molecule has 0 radical (unpaired) electrons. The first-order valence-electron chi connectivity index (χ1n) is 8.50. The molecule has 28 heavy (non-hydrogen) atoms. The molecule has 0 atom stereocenters. The number of hydrogen-bond acceptors (Lipinski definition) is 6. The number of allylic oxidation sites excluding steroid dienone is 2. The summed E-state index contributed by atoms with van der Waals surface area (Å²) in [7, 11) is 3.09. The summed E-state index contributed by atoms with van der Waals surface area (Å²) in [5.74, 6) is 0.0413. The predicted octanol–water partition coefficient (Wildman–Crippen LogP) is 2.42. The second kappa shape index (κ2) is 7.59. The summed E-state index contributed by atoms with van der Waals surface area (Å²) in [6.07, 6.45) is 0.375. The van der Waals surface area contributed by atoms with Gasteiger partial charge in [0.1, 0.15) is 24.7 Å². The number of rotatable bonds is 6. The molecule has 0 saturated heterocycles. The van der Waals surface area contributed by atoms with Gasteiger partial charge < -0.3 is 24.5 Å². The molecule has 8 heteroatoms. The summed E-state index contributed by atoms with van der Waals surface area (Å²) in [6, 6.07) is 6.98. The molecule has 0 bridgehead atoms. The van der Waals surface area contributed by atoms with Crippen molar-refractivity contribution in [2.75, 3.05) is 7.11 Å². The molecule has 0 spiro atoms. The number of Topliss-reactive ketones (excluding diaryl/α,β-unsaturated/α-hetero) is 1. The van der Waals surface area contributed by atoms with E-state index in [1.165, 1.54) is 13.2 Å². The van der Waals surface area contributed by atoms with E-state index in [0.29, 0.717) is 22.6 Å². The van der Waals surface area contributed by atoms with E-state index in [1.54, 1.807) is 42.8 Å². The van der Waals surface area contributed by atoms with Crippen LogP contribution in [0.5, 0.6) is 5.75 Å². The van der Waals surface area contributed by atoms with Crippen molar-refractivity contribution in [2.45, 2.75) is 20.1 Å². The Labute approximate surface area is 161 Å². The van der Waals surface area contributed by atoms with Crippen LogP contribution in [0.15, 0.2) is 36.1 Å². The van der Waals surface area contributed by atoms with Gasteiger partial charge in [-0.3, -0.25) is 9.59 Å². The van der Waals surface area contributed by atoms with Gasteiger partial charge in [-0.1, -0.05) is 12.1 Å². The molecule has 0 saturated carbocycles. The van der Waals surface area contributed by atoms with E-state index in [0.717, 1.165) is 11.3 Å². The summed E-state index contributed by atoms with van der Waals surface area (Å²) in [4.78, 5) is 35.6. The second-order valence-electron chi connectivity index (χ2n) is 6.30. The monoisotopic (exact) mass is 384 g/mol. The van der Waals surface area contributed by atoms with Crippen molar-refractivity contribution in [1.82, 2.24) is 4.57 Å². The summed E-state index contributed by atoms with van der Waals surface area (Å²) < 4.78 is 17.2. The van der Waals surface area contributed by atoms with Gasteiger partial charge in [0.15, 0.2) is 5.76 Å². The average Bonchev–Trinajstić information content (AvgIpc) is 2.93. The maximum atomic E-state index is 12.6. The lowest BCUT2D eigenvalue weighted by Gasteiger charge is -2.12. The van der Waals surface area contributed by atoms with Gasteiger partial charge in [-0.2, -0.15) is 0 Å². The summed E-state index contributed by atoms with van der Waals surface area (Å²) in [5, 5.41) is 0. The molecule has 2 N–H and O–H groups in total. The van der Waals surface area contributed by atoms with Gasteiger partial charge in [-0.25, -0.2) is 4.79 Å². The summed E-state index contributed by atoms with van der Waals surface area (Å²) in [6.45, 7) is 2.04. The molecule has 1 aromatic carbocycles. The quantitative estimate of drug-likeness (QED) is 0.819. The van der Waals surface area contributed by atoms with Crippen LogP contribution in [0.3, 0.4) is 0 Å². The number of primary amides is 1. The average molecular weight is 384 g/mol. The molecule has 1 heterocycles. The number of ether oxygens (including phenoxy) is 3. The van der Waals surface area contributed by atoms with Crippen LogP contribution in [0.1, 0.15) is 37.7 Å². The van der Waals surface area contributed by atoms with Crippen LogP contribution in [0.4, 0.5) is 4.79 Å². The fourth-order valence-electron chi connectivity index (χ4n) is 3.16. The standard InChI is InChI=1S/C20H20N2O6/c1-11-14(10-27-13-6-4-12(5-7-13)9-28-20(21)25)22(2)18-15(23)8-16(26-3)19(24)17(11)18/h4-8H,9-10H2,1-3H3,(H2,21,25). The van der Waals surface area contributed by atoms with E-state index < -0.39 is 6.09 Å². The van der Waals surface area contributed by atoms with Gasteiger partial charge in [-0.15, -0.1) is 0 Å². The van der Waals surface area contributed by atoms with E-state index in [2.05, 4.69) is 0 Å². The van der Waals surface area contributed by atoms with Crippen LogP contribution < -0.4 is 10.5 Å². The van der Waals surface area contributed by atoms with Gasteiger partial charge in [0, 0.05) is 13.1 Å². The number of carbonyl (C=O) groups is 3. The first-order chi connectivity index (χ1) is 13.3. The van der Waals surface area contributed by atoms with Gasteiger partial charge in [-0.05, 0) is 30.2 Å². The van der Waals surface area contributed by atoms with Crippen LogP contribution in [0.2, 0.25) is 0 Å². The number of fused-ring (bicyclic) bond motifs is 1. The number of aromatic nitrogens is 1. The lowest BCUT2D eigenvalue weighted by molar-refractivity contribution is 0.0913. The summed E-state index contributed by atoms with van der Waals surface area (Å²) >= 11 is 0. The van der Waals surface area contributed by atoms with E-state index >= 15 is 0 Å². The lowest BCUT2D eigenvalue weighted by atomic mass is 9.97. The number of nitrogens with zero attached hydrogens (tertiary/aromatic N) is 1. The minimum Gasteiger partial charge on any atom is -0.492 e. The summed E-state index contributed by atoms with van der Waals surface area (Å²) in [5.41, 5.74) is 7.80. The Bertz CT molecular complexity index is 985. The number of amides is 1. The zero-order valence-electron chi connectivity index (χ0n) is 15.8. The van der Waals surface area contributed by atoms with Crippen molar-refractivity contribution in [3.05, 3.63) is 64.2 Å². The molecular formula is C20H20N2O6. The van der Waals surface area contributed by atoms with Gasteiger partial charge >= 0.3 is 6.09 Å². The van der Waals surface area contributed by atoms with Crippen molar-refractivity contribution in [3.63, 3.8) is 0 Å². The number of methoxy groups -OCH3 is 1. The second-order valence-corrected chi connectivity index (χ2v) is 6.30. The SMILES string of the molecule is COC1=CC(=O)c2c(c(C)c(COc3ccc(COC(N)=O)cc3)n2C)C1=O. The highest BCUT2D eigenvalue weighted by Gasteiger charge is 2.33. The van der Waals surface area contributed by atoms with Crippen LogP contribution in [0, 0.1) is 6.92 Å². The fraction of sp³-hybridized carbons (Fsp3) is 0.250. The molecule has 1 aliphatic rings. The third-order valence-corrected chi connectivity index (χ3v) is 4.63. The van der Waals surface area contributed by atoms with E-state index in [4.69, 9.17) is 19.9 Å². The zero-order valence-corrected chi connectivity index (χ0v) is 15.8. The van der Waals surface area contributed by atoms with Crippen LogP contribution in [0.25, 0.3) is 0 Å². The zero-order chi connectivity index (χ0) is 20.4. The van der Waals surface area contributed by atoms with Crippen molar-refractivity contribution in [2.24, 2.45) is 12.8 Å². The Morgan fingerprint density at radius 2 is 1.82 bits per heavy atom. The van der Waals surface area contributed by atoms with Gasteiger partial charge in [0.2, 0.25) is 11.6 Å². The normalized spacial score (nSPS) is 13.0. The van der Waals surface area contributed by atoms with E-state index in [1.807, 2.05) is 0 Å². The molecule has 1 aliphatic carbocycles. The van der Waals surface area contributed by atoms with E-state index in [9.17, 15) is 14.4 Å². The number of benzene rings is 1.